The van der Waals surface area contributed by atoms with Crippen LogP contribution in [0.5, 0.6) is 6.01 Å². The van der Waals surface area contributed by atoms with Crippen molar-refractivity contribution in [3.05, 3.63) is 18.5 Å². The van der Waals surface area contributed by atoms with E-state index in [1.54, 1.807) is 19.5 Å². The Morgan fingerprint density at radius 1 is 1.19 bits per heavy atom. The molecule has 1 saturated heterocycles. The lowest BCUT2D eigenvalue weighted by Gasteiger charge is -2.45. The molecule has 1 aliphatic heterocycles. The van der Waals surface area contributed by atoms with E-state index < -0.39 is 5.60 Å². The van der Waals surface area contributed by atoms with Gasteiger partial charge < -0.3 is 14.4 Å². The minimum absolute atomic E-state index is 0.0141. The van der Waals surface area contributed by atoms with Gasteiger partial charge in [0.15, 0.2) is 0 Å². The second kappa shape index (κ2) is 7.17. The molecule has 146 valence electrons. The Kier molecular flexibility index (Phi) is 5.08. The van der Waals surface area contributed by atoms with Crippen molar-refractivity contribution < 1.29 is 14.3 Å². The van der Waals surface area contributed by atoms with Gasteiger partial charge in [0.25, 0.3) is 0 Å². The normalized spacial score (nSPS) is 20.7. The number of amides is 1. The van der Waals surface area contributed by atoms with Gasteiger partial charge in [-0.1, -0.05) is 0 Å². The summed E-state index contributed by atoms with van der Waals surface area (Å²) in [5.41, 5.74) is 0.267. The van der Waals surface area contributed by atoms with E-state index in [4.69, 9.17) is 9.47 Å². The number of rotatable bonds is 2. The lowest BCUT2D eigenvalue weighted by Crippen LogP contribution is -2.59. The minimum Gasteiger partial charge on any atom is -0.467 e. The molecule has 0 spiro atoms. The molecule has 1 amide bonds. The number of nitrogens with zero attached hydrogens (tertiary/aromatic N) is 5. The number of piperazine rings is 1. The van der Waals surface area contributed by atoms with E-state index in [1.807, 2.05) is 45.6 Å². The number of anilines is 1. The standard InChI is InChI=1S/C19H27N5O3/c1-12-10-23(11-13(2)24(12)18(25)27-19(3,4)5)16-14-9-21-17(26-6)22-15(14)7-8-20-16/h7-9,12-13H,10-11H2,1-6H3/t12-,13+. The van der Waals surface area contributed by atoms with Crippen molar-refractivity contribution in [3.8, 4) is 6.01 Å². The number of carbonyl (C=O) groups is 1. The Labute approximate surface area is 159 Å². The molecule has 2 aromatic rings. The Bertz CT molecular complexity index is 824. The fourth-order valence-electron chi connectivity index (χ4n) is 3.45. The fraction of sp³-hybridized carbons (Fsp3) is 0.579. The van der Waals surface area contributed by atoms with Crippen LogP contribution in [0, 0.1) is 0 Å². The maximum Gasteiger partial charge on any atom is 0.410 e. The molecule has 2 atom stereocenters. The number of pyridine rings is 1. The smallest absolute Gasteiger partial charge is 0.410 e. The van der Waals surface area contributed by atoms with Crippen LogP contribution in [-0.4, -0.2) is 63.8 Å². The molecule has 27 heavy (non-hydrogen) atoms. The van der Waals surface area contributed by atoms with Gasteiger partial charge in [0.2, 0.25) is 0 Å². The molecule has 0 bridgehead atoms. The van der Waals surface area contributed by atoms with Gasteiger partial charge in [-0.25, -0.2) is 14.8 Å². The third kappa shape index (κ3) is 4.04. The molecule has 2 aromatic heterocycles. The maximum atomic E-state index is 12.6. The topological polar surface area (TPSA) is 80.7 Å². The Morgan fingerprint density at radius 2 is 1.85 bits per heavy atom. The van der Waals surface area contributed by atoms with Crippen LogP contribution < -0.4 is 9.64 Å². The molecule has 0 aromatic carbocycles. The molecule has 0 aliphatic carbocycles. The molecule has 8 nitrogen and oxygen atoms in total. The Hall–Kier alpha value is -2.64. The first kappa shape index (κ1) is 19.1. The number of fused-ring (bicyclic) bond motifs is 1. The van der Waals surface area contributed by atoms with Gasteiger partial charge in [-0.05, 0) is 40.7 Å². The number of methoxy groups -OCH3 is 1. The molecular weight excluding hydrogens is 346 g/mol. The van der Waals surface area contributed by atoms with Gasteiger partial charge in [0.1, 0.15) is 11.4 Å². The number of ether oxygens (including phenoxy) is 2. The summed E-state index contributed by atoms with van der Waals surface area (Å²) in [6.07, 6.45) is 3.19. The fourth-order valence-corrected chi connectivity index (χ4v) is 3.45. The lowest BCUT2D eigenvalue weighted by atomic mass is 10.1. The van der Waals surface area contributed by atoms with Crippen LogP contribution in [0.3, 0.4) is 0 Å². The van der Waals surface area contributed by atoms with Crippen LogP contribution in [0.1, 0.15) is 34.6 Å². The zero-order valence-electron chi connectivity index (χ0n) is 16.8. The zero-order chi connectivity index (χ0) is 19.8. The molecule has 8 heteroatoms. The highest BCUT2D eigenvalue weighted by atomic mass is 16.6. The summed E-state index contributed by atoms with van der Waals surface area (Å²) in [5, 5.41) is 0.864. The van der Waals surface area contributed by atoms with Crippen molar-refractivity contribution in [2.75, 3.05) is 25.1 Å². The van der Waals surface area contributed by atoms with Gasteiger partial charge in [0, 0.05) is 25.5 Å². The molecule has 3 rings (SSSR count). The third-order valence-corrected chi connectivity index (χ3v) is 4.47. The summed E-state index contributed by atoms with van der Waals surface area (Å²) in [7, 11) is 1.54. The monoisotopic (exact) mass is 373 g/mol. The second-order valence-electron chi connectivity index (χ2n) is 7.91. The Morgan fingerprint density at radius 3 is 2.44 bits per heavy atom. The highest BCUT2D eigenvalue weighted by Gasteiger charge is 2.36. The van der Waals surface area contributed by atoms with E-state index in [1.165, 1.54) is 0 Å². The van der Waals surface area contributed by atoms with Crippen LogP contribution in [0.15, 0.2) is 18.5 Å². The molecule has 3 heterocycles. The van der Waals surface area contributed by atoms with Gasteiger partial charge >= 0.3 is 12.1 Å². The van der Waals surface area contributed by atoms with Gasteiger partial charge in [0.05, 0.1) is 30.1 Å². The average molecular weight is 373 g/mol. The van der Waals surface area contributed by atoms with Gasteiger partial charge in [-0.15, -0.1) is 0 Å². The van der Waals surface area contributed by atoms with Gasteiger partial charge in [-0.2, -0.15) is 4.98 Å². The number of hydrogen-bond acceptors (Lipinski definition) is 7. The summed E-state index contributed by atoms with van der Waals surface area (Å²) in [6, 6.07) is 2.14. The number of aromatic nitrogens is 3. The molecule has 0 unspecified atom stereocenters. The van der Waals surface area contributed by atoms with Crippen LogP contribution in [0.2, 0.25) is 0 Å². The van der Waals surface area contributed by atoms with Crippen LogP contribution in [0.4, 0.5) is 10.6 Å². The van der Waals surface area contributed by atoms with Crippen molar-refractivity contribution in [3.63, 3.8) is 0 Å². The van der Waals surface area contributed by atoms with E-state index in [0.29, 0.717) is 19.1 Å². The molecule has 1 aliphatic rings. The Balaban J connectivity index is 1.85. The second-order valence-corrected chi connectivity index (χ2v) is 7.91. The van der Waals surface area contributed by atoms with Crippen molar-refractivity contribution in [2.45, 2.75) is 52.3 Å². The van der Waals surface area contributed by atoms with E-state index in [9.17, 15) is 4.79 Å². The van der Waals surface area contributed by atoms with Crippen molar-refractivity contribution in [1.29, 1.82) is 0 Å². The molecule has 1 fully saturated rings. The number of carbonyl (C=O) groups excluding carboxylic acids is 1. The first-order chi connectivity index (χ1) is 12.7. The summed E-state index contributed by atoms with van der Waals surface area (Å²) in [6.45, 7) is 11.0. The lowest BCUT2D eigenvalue weighted by molar-refractivity contribution is 0.00563. The van der Waals surface area contributed by atoms with Crippen LogP contribution >= 0.6 is 0 Å². The maximum absolute atomic E-state index is 12.6. The van der Waals surface area contributed by atoms with E-state index in [-0.39, 0.29) is 18.2 Å². The molecule has 0 N–H and O–H groups in total. The summed E-state index contributed by atoms with van der Waals surface area (Å²) >= 11 is 0. The SMILES string of the molecule is COc1ncc2c(N3C[C@@H](C)N(C(=O)OC(C)(C)C)[C@@H](C)C3)nccc2n1. The first-order valence-electron chi connectivity index (χ1n) is 9.11. The number of hydrogen-bond donors (Lipinski definition) is 0. The molecular formula is C19H27N5O3. The zero-order valence-corrected chi connectivity index (χ0v) is 16.8. The van der Waals surface area contributed by atoms with Gasteiger partial charge in [-0.3, -0.25) is 4.90 Å². The highest BCUT2D eigenvalue weighted by Crippen LogP contribution is 2.28. The van der Waals surface area contributed by atoms with E-state index >= 15 is 0 Å². The predicted molar refractivity (Wildman–Crippen MR) is 103 cm³/mol. The predicted octanol–water partition coefficient (Wildman–Crippen LogP) is 2.87. The molecule has 0 radical (unpaired) electrons. The van der Waals surface area contributed by atoms with Crippen LogP contribution in [-0.2, 0) is 4.74 Å². The highest BCUT2D eigenvalue weighted by molar-refractivity contribution is 5.89. The van der Waals surface area contributed by atoms with Crippen molar-refractivity contribution >= 4 is 22.8 Å². The van der Waals surface area contributed by atoms with E-state index in [0.717, 1.165) is 16.7 Å². The first-order valence-corrected chi connectivity index (χ1v) is 9.11. The van der Waals surface area contributed by atoms with Crippen molar-refractivity contribution in [2.24, 2.45) is 0 Å². The van der Waals surface area contributed by atoms with Crippen molar-refractivity contribution in [1.82, 2.24) is 19.9 Å². The molecule has 0 saturated carbocycles. The summed E-state index contributed by atoms with van der Waals surface area (Å²) in [4.78, 5) is 29.7. The quantitative estimate of drug-likeness (QED) is 0.800. The van der Waals surface area contributed by atoms with E-state index in [2.05, 4.69) is 19.9 Å². The summed E-state index contributed by atoms with van der Waals surface area (Å²) < 4.78 is 10.7. The summed E-state index contributed by atoms with van der Waals surface area (Å²) in [5.74, 6) is 0.817. The average Bonchev–Trinajstić information content (AvgIpc) is 2.58. The third-order valence-electron chi connectivity index (χ3n) is 4.47. The minimum atomic E-state index is -0.513. The largest absolute Gasteiger partial charge is 0.467 e. The van der Waals surface area contributed by atoms with Crippen LogP contribution in [0.25, 0.3) is 10.9 Å².